The topological polar surface area (TPSA) is 66.6 Å². The van der Waals surface area contributed by atoms with Gasteiger partial charge in [-0.1, -0.05) is 22.0 Å². The van der Waals surface area contributed by atoms with Crippen LogP contribution in [0.15, 0.2) is 22.7 Å². The van der Waals surface area contributed by atoms with Crippen molar-refractivity contribution in [1.82, 2.24) is 4.90 Å². The number of halogens is 1. The number of anilines is 1. The van der Waals surface area contributed by atoms with Gasteiger partial charge in [-0.2, -0.15) is 0 Å². The molecule has 1 aliphatic rings. The maximum absolute atomic E-state index is 12.1. The molecule has 0 fully saturated rings. The average Bonchev–Trinajstić information content (AvgIpc) is 2.55. The molecule has 96 valence electrons. The molecule has 1 aliphatic heterocycles. The number of carbonyl (C=O) groups excluding carboxylic acids is 2. The highest BCUT2D eigenvalue weighted by molar-refractivity contribution is 9.10. The summed E-state index contributed by atoms with van der Waals surface area (Å²) in [7, 11) is 3.31. The minimum atomic E-state index is -0.703. The number of likely N-dealkylation sites (N-methyl/N-ethyl adjacent to an activating group) is 1. The Morgan fingerprint density at radius 3 is 2.78 bits per heavy atom. The van der Waals surface area contributed by atoms with Gasteiger partial charge in [0.05, 0.1) is 5.69 Å². The maximum Gasteiger partial charge on any atom is 0.249 e. The summed E-state index contributed by atoms with van der Waals surface area (Å²) in [5.74, 6) is -0.379. The van der Waals surface area contributed by atoms with E-state index in [1.807, 2.05) is 12.1 Å². The van der Waals surface area contributed by atoms with Gasteiger partial charge in [0.15, 0.2) is 0 Å². The standard InChI is InChI=1S/C12H14BrN3O2/c1-15(2)9(17)6-16-8-5-3-4-7(13)10(8)11(14)12(16)18/h3-5,11H,6,14H2,1-2H3. The van der Waals surface area contributed by atoms with E-state index in [-0.39, 0.29) is 18.4 Å². The molecular formula is C12H14BrN3O2. The van der Waals surface area contributed by atoms with Crippen molar-refractivity contribution in [2.24, 2.45) is 5.73 Å². The molecule has 0 saturated carbocycles. The number of nitrogens with two attached hydrogens (primary N) is 1. The number of nitrogens with zero attached hydrogens (tertiary/aromatic N) is 2. The fourth-order valence-corrected chi connectivity index (χ4v) is 2.52. The predicted molar refractivity (Wildman–Crippen MR) is 72.1 cm³/mol. The van der Waals surface area contributed by atoms with Crippen LogP contribution in [0.2, 0.25) is 0 Å². The van der Waals surface area contributed by atoms with Gasteiger partial charge in [-0.05, 0) is 12.1 Å². The molecule has 2 rings (SSSR count). The van der Waals surface area contributed by atoms with Gasteiger partial charge in [0.25, 0.3) is 0 Å². The largest absolute Gasteiger partial charge is 0.347 e. The Labute approximate surface area is 114 Å². The molecule has 6 heteroatoms. The van der Waals surface area contributed by atoms with Gasteiger partial charge in [-0.3, -0.25) is 9.59 Å². The number of benzene rings is 1. The number of fused-ring (bicyclic) bond motifs is 1. The lowest BCUT2D eigenvalue weighted by Crippen LogP contribution is -2.40. The number of carbonyl (C=O) groups is 2. The summed E-state index contributed by atoms with van der Waals surface area (Å²) >= 11 is 3.38. The van der Waals surface area contributed by atoms with Crippen LogP contribution in [0.25, 0.3) is 0 Å². The van der Waals surface area contributed by atoms with E-state index in [4.69, 9.17) is 5.73 Å². The Morgan fingerprint density at radius 2 is 2.17 bits per heavy atom. The molecular weight excluding hydrogens is 298 g/mol. The van der Waals surface area contributed by atoms with Crippen LogP contribution in [0, 0.1) is 0 Å². The summed E-state index contributed by atoms with van der Waals surface area (Å²) in [5.41, 5.74) is 7.34. The van der Waals surface area contributed by atoms with Crippen LogP contribution < -0.4 is 10.6 Å². The summed E-state index contributed by atoms with van der Waals surface area (Å²) in [6, 6.07) is 4.75. The van der Waals surface area contributed by atoms with Crippen molar-refractivity contribution in [3.8, 4) is 0 Å². The second-order valence-corrected chi connectivity index (χ2v) is 5.22. The Bertz CT molecular complexity index is 516. The zero-order valence-corrected chi connectivity index (χ0v) is 11.8. The van der Waals surface area contributed by atoms with Crippen molar-refractivity contribution in [2.75, 3.05) is 25.5 Å². The van der Waals surface area contributed by atoms with Crippen LogP contribution in [0.4, 0.5) is 5.69 Å². The first kappa shape index (κ1) is 13.0. The van der Waals surface area contributed by atoms with Gasteiger partial charge in [-0.25, -0.2) is 0 Å². The Hall–Kier alpha value is -1.40. The molecule has 0 aromatic heterocycles. The summed E-state index contributed by atoms with van der Waals surface area (Å²) in [6.45, 7) is 0.0169. The van der Waals surface area contributed by atoms with Crippen molar-refractivity contribution < 1.29 is 9.59 Å². The van der Waals surface area contributed by atoms with E-state index in [1.54, 1.807) is 20.2 Å². The number of hydrogen-bond acceptors (Lipinski definition) is 3. The van der Waals surface area contributed by atoms with E-state index in [2.05, 4.69) is 15.9 Å². The maximum atomic E-state index is 12.1. The third kappa shape index (κ3) is 2.02. The highest BCUT2D eigenvalue weighted by Gasteiger charge is 2.37. The van der Waals surface area contributed by atoms with Crippen molar-refractivity contribution in [2.45, 2.75) is 6.04 Å². The van der Waals surface area contributed by atoms with Crippen molar-refractivity contribution in [1.29, 1.82) is 0 Å². The lowest BCUT2D eigenvalue weighted by Gasteiger charge is -2.19. The quantitative estimate of drug-likeness (QED) is 0.882. The molecule has 1 aromatic carbocycles. The SMILES string of the molecule is CN(C)C(=O)CN1C(=O)C(N)c2c(Br)cccc21. The molecule has 1 aromatic rings. The average molecular weight is 312 g/mol. The third-order valence-corrected chi connectivity index (χ3v) is 3.65. The number of rotatable bonds is 2. The lowest BCUT2D eigenvalue weighted by molar-refractivity contribution is -0.129. The van der Waals surface area contributed by atoms with E-state index >= 15 is 0 Å². The van der Waals surface area contributed by atoms with E-state index < -0.39 is 6.04 Å². The van der Waals surface area contributed by atoms with E-state index in [0.29, 0.717) is 5.69 Å². The smallest absolute Gasteiger partial charge is 0.249 e. The van der Waals surface area contributed by atoms with Crippen LogP contribution in [0.3, 0.4) is 0 Å². The van der Waals surface area contributed by atoms with Crippen LogP contribution in [-0.2, 0) is 9.59 Å². The second-order valence-electron chi connectivity index (χ2n) is 4.36. The van der Waals surface area contributed by atoms with Gasteiger partial charge >= 0.3 is 0 Å². The first-order valence-electron chi connectivity index (χ1n) is 5.49. The molecule has 1 unspecified atom stereocenters. The molecule has 18 heavy (non-hydrogen) atoms. The van der Waals surface area contributed by atoms with Gasteiger partial charge in [-0.15, -0.1) is 0 Å². The minimum Gasteiger partial charge on any atom is -0.347 e. The molecule has 2 N–H and O–H groups in total. The Morgan fingerprint density at radius 1 is 1.50 bits per heavy atom. The third-order valence-electron chi connectivity index (χ3n) is 2.96. The van der Waals surface area contributed by atoms with Crippen LogP contribution in [0.1, 0.15) is 11.6 Å². The van der Waals surface area contributed by atoms with E-state index in [1.165, 1.54) is 9.80 Å². The molecule has 1 heterocycles. The van der Waals surface area contributed by atoms with Crippen molar-refractivity contribution >= 4 is 33.4 Å². The van der Waals surface area contributed by atoms with Crippen LogP contribution in [0.5, 0.6) is 0 Å². The molecule has 0 saturated heterocycles. The van der Waals surface area contributed by atoms with Crippen LogP contribution >= 0.6 is 15.9 Å². The van der Waals surface area contributed by atoms with E-state index in [0.717, 1.165) is 10.0 Å². The zero-order chi connectivity index (χ0) is 13.4. The molecule has 0 aliphatic carbocycles. The van der Waals surface area contributed by atoms with Crippen molar-refractivity contribution in [3.05, 3.63) is 28.2 Å². The van der Waals surface area contributed by atoms with Gasteiger partial charge in [0.1, 0.15) is 12.6 Å². The summed E-state index contributed by atoms with van der Waals surface area (Å²) in [4.78, 5) is 26.7. The molecule has 2 amide bonds. The molecule has 5 nitrogen and oxygen atoms in total. The number of amides is 2. The molecule has 0 bridgehead atoms. The first-order valence-corrected chi connectivity index (χ1v) is 6.28. The van der Waals surface area contributed by atoms with Gasteiger partial charge < -0.3 is 15.5 Å². The second kappa shape index (κ2) is 4.70. The van der Waals surface area contributed by atoms with Crippen molar-refractivity contribution in [3.63, 3.8) is 0 Å². The molecule has 0 spiro atoms. The summed E-state index contributed by atoms with van der Waals surface area (Å²) in [5, 5.41) is 0. The summed E-state index contributed by atoms with van der Waals surface area (Å²) < 4.78 is 0.792. The fraction of sp³-hybridized carbons (Fsp3) is 0.333. The normalized spacial score (nSPS) is 17.9. The van der Waals surface area contributed by atoms with E-state index in [9.17, 15) is 9.59 Å². The molecule has 0 radical (unpaired) electrons. The lowest BCUT2D eigenvalue weighted by atomic mass is 10.1. The Balaban J connectivity index is 2.38. The summed E-state index contributed by atoms with van der Waals surface area (Å²) in [6.07, 6.45) is 0. The Kier molecular flexibility index (Phi) is 3.41. The van der Waals surface area contributed by atoms with Gasteiger partial charge in [0.2, 0.25) is 11.8 Å². The highest BCUT2D eigenvalue weighted by atomic mass is 79.9. The zero-order valence-electron chi connectivity index (χ0n) is 10.2. The van der Waals surface area contributed by atoms with Gasteiger partial charge in [0, 0.05) is 24.1 Å². The number of hydrogen-bond donors (Lipinski definition) is 1. The fourth-order valence-electron chi connectivity index (χ4n) is 1.92. The highest BCUT2D eigenvalue weighted by Crippen LogP contribution is 2.38. The first-order chi connectivity index (χ1) is 8.43. The minimum absolute atomic E-state index is 0.0169. The molecule has 1 atom stereocenters. The predicted octanol–water partition coefficient (Wildman–Crippen LogP) is 0.884. The van der Waals surface area contributed by atoms with Crippen LogP contribution in [-0.4, -0.2) is 37.4 Å². The monoisotopic (exact) mass is 311 g/mol.